The highest BCUT2D eigenvalue weighted by atomic mass is 35.5. The van der Waals surface area contributed by atoms with E-state index >= 15 is 0 Å². The van der Waals surface area contributed by atoms with E-state index in [4.69, 9.17) is 11.6 Å². The van der Waals surface area contributed by atoms with Gasteiger partial charge in [-0.1, -0.05) is 41.9 Å². The maximum atomic E-state index is 14.2. The number of hydrogen-bond acceptors (Lipinski definition) is 5. The van der Waals surface area contributed by atoms with E-state index in [0.29, 0.717) is 16.6 Å². The number of amides is 2. The number of benzene rings is 3. The van der Waals surface area contributed by atoms with Gasteiger partial charge in [-0.15, -0.1) is 0 Å². The molecule has 0 saturated carbocycles. The smallest absolute Gasteiger partial charge is 0.257 e. The maximum Gasteiger partial charge on any atom is 0.257 e. The summed E-state index contributed by atoms with van der Waals surface area (Å²) in [6, 6.07) is 16.4. The highest BCUT2D eigenvalue weighted by molar-refractivity contribution is 7.90. The molecule has 0 unspecified atom stereocenters. The Morgan fingerprint density at radius 1 is 0.846 bits per heavy atom. The van der Waals surface area contributed by atoms with E-state index in [1.165, 1.54) is 11.0 Å². The molecule has 1 saturated heterocycles. The molecule has 4 aromatic rings. The number of piperazine rings is 1. The number of rotatable bonds is 5. The molecule has 2 amide bonds. The van der Waals surface area contributed by atoms with E-state index in [0.717, 1.165) is 17.5 Å². The van der Waals surface area contributed by atoms with Gasteiger partial charge in [-0.05, 0) is 42.0 Å². The van der Waals surface area contributed by atoms with Crippen LogP contribution in [0.4, 0.5) is 8.78 Å². The van der Waals surface area contributed by atoms with Crippen LogP contribution >= 0.6 is 11.6 Å². The molecule has 3 aromatic carbocycles. The van der Waals surface area contributed by atoms with E-state index in [1.807, 2.05) is 0 Å². The van der Waals surface area contributed by atoms with Crippen LogP contribution in [0.15, 0.2) is 77.8 Å². The van der Waals surface area contributed by atoms with Crippen LogP contribution < -0.4 is 0 Å². The van der Waals surface area contributed by atoms with E-state index in [9.17, 15) is 26.8 Å². The lowest BCUT2D eigenvalue weighted by Crippen LogP contribution is -2.50. The first kappa shape index (κ1) is 26.7. The number of aromatic nitrogens is 1. The predicted molar refractivity (Wildman–Crippen MR) is 142 cm³/mol. The quantitative estimate of drug-likeness (QED) is 0.324. The first-order valence-corrected chi connectivity index (χ1v) is 14.1. The van der Waals surface area contributed by atoms with E-state index in [2.05, 4.69) is 4.98 Å². The van der Waals surface area contributed by atoms with Gasteiger partial charge in [0.15, 0.2) is 9.84 Å². The topological polar surface area (TPSA) is 87.6 Å². The molecule has 2 heterocycles. The Kier molecular flexibility index (Phi) is 7.33. The molecule has 0 radical (unpaired) electrons. The van der Waals surface area contributed by atoms with Gasteiger partial charge in [-0.2, -0.15) is 0 Å². The van der Waals surface area contributed by atoms with Crippen molar-refractivity contribution < 1.29 is 26.8 Å². The summed E-state index contributed by atoms with van der Waals surface area (Å²) >= 11 is 5.56. The third-order valence-electron chi connectivity index (χ3n) is 6.58. The predicted octanol–water partition coefficient (Wildman–Crippen LogP) is 4.74. The Balaban J connectivity index is 1.23. The summed E-state index contributed by atoms with van der Waals surface area (Å²) in [4.78, 5) is 33.0. The molecular weight excluding hydrogens is 548 g/mol. The van der Waals surface area contributed by atoms with Crippen LogP contribution in [-0.4, -0.2) is 61.2 Å². The van der Waals surface area contributed by atoms with Crippen LogP contribution in [0, 0.1) is 11.6 Å². The van der Waals surface area contributed by atoms with Gasteiger partial charge in [0.2, 0.25) is 0 Å². The van der Waals surface area contributed by atoms with Crippen LogP contribution in [0.3, 0.4) is 0 Å². The second-order valence-corrected chi connectivity index (χ2v) is 11.5. The van der Waals surface area contributed by atoms with Crippen molar-refractivity contribution in [2.45, 2.75) is 10.6 Å². The molecule has 0 bridgehead atoms. The molecule has 11 heteroatoms. The number of halogens is 3. The first-order valence-electron chi connectivity index (χ1n) is 12.0. The molecule has 0 spiro atoms. The van der Waals surface area contributed by atoms with Gasteiger partial charge in [0, 0.05) is 43.3 Å². The summed E-state index contributed by atoms with van der Waals surface area (Å²) in [6.07, 6.45) is 1.55. The zero-order valence-corrected chi connectivity index (χ0v) is 22.1. The average molecular weight is 570 g/mol. The molecule has 5 rings (SSSR count). The number of pyridine rings is 1. The number of hydrogen-bond donors (Lipinski definition) is 0. The fraction of sp³-hybridized carbons (Fsp3) is 0.179. The van der Waals surface area contributed by atoms with Gasteiger partial charge in [-0.25, -0.2) is 17.2 Å². The van der Waals surface area contributed by atoms with Gasteiger partial charge < -0.3 is 9.80 Å². The summed E-state index contributed by atoms with van der Waals surface area (Å²) in [5.74, 6) is -3.01. The van der Waals surface area contributed by atoms with Crippen LogP contribution in [0.2, 0.25) is 5.02 Å². The normalized spacial score (nSPS) is 14.0. The Labute approximate surface area is 228 Å². The van der Waals surface area contributed by atoms with Crippen LogP contribution in [0.5, 0.6) is 0 Å². The molecule has 1 aliphatic rings. The number of sulfone groups is 1. The van der Waals surface area contributed by atoms with Crippen molar-refractivity contribution in [3.05, 3.63) is 106 Å². The minimum Gasteiger partial charge on any atom is -0.335 e. The Bertz CT molecular complexity index is 1680. The Morgan fingerprint density at radius 2 is 1.49 bits per heavy atom. The molecule has 7 nitrogen and oxygen atoms in total. The standard InChI is InChI=1S/C28H22ClF2N3O4S/c29-22-16-23(30)21(15-24(22)31)28(36)34-13-11-33(12-14-34)27(35)20-8-6-18(7-9-20)17-39(37,38)25-5-1-3-19-4-2-10-32-26(19)25/h1-10,15-16H,11-14,17H2. The van der Waals surface area contributed by atoms with Crippen LogP contribution in [0.1, 0.15) is 26.3 Å². The van der Waals surface area contributed by atoms with Crippen molar-refractivity contribution in [1.29, 1.82) is 0 Å². The largest absolute Gasteiger partial charge is 0.335 e. The monoisotopic (exact) mass is 569 g/mol. The van der Waals surface area contributed by atoms with Crippen molar-refractivity contribution in [1.82, 2.24) is 14.8 Å². The minimum atomic E-state index is -3.69. The molecule has 1 aromatic heterocycles. The number of fused-ring (bicyclic) bond motifs is 1. The van der Waals surface area contributed by atoms with Crippen LogP contribution in [0.25, 0.3) is 10.9 Å². The van der Waals surface area contributed by atoms with Crippen LogP contribution in [-0.2, 0) is 15.6 Å². The third-order valence-corrected chi connectivity index (χ3v) is 8.59. The zero-order valence-electron chi connectivity index (χ0n) is 20.5. The Morgan fingerprint density at radius 3 is 2.18 bits per heavy atom. The Hall–Kier alpha value is -3.89. The SMILES string of the molecule is O=C(c1ccc(CS(=O)(=O)c2cccc3cccnc23)cc1)N1CCN(C(=O)c2cc(F)c(Cl)cc2F)CC1. The molecular formula is C28H22ClF2N3O4S. The minimum absolute atomic E-state index is 0.143. The first-order chi connectivity index (χ1) is 18.6. The number of nitrogens with zero attached hydrogens (tertiary/aromatic N) is 3. The number of carbonyl (C=O) groups is 2. The average Bonchev–Trinajstić information content (AvgIpc) is 2.94. The van der Waals surface area contributed by atoms with Crippen molar-refractivity contribution in [3.63, 3.8) is 0 Å². The number of carbonyl (C=O) groups excluding carboxylic acids is 2. The molecule has 0 aliphatic carbocycles. The molecule has 39 heavy (non-hydrogen) atoms. The summed E-state index contributed by atoms with van der Waals surface area (Å²) in [5, 5.41) is 0.320. The summed E-state index contributed by atoms with van der Waals surface area (Å²) in [7, 11) is -3.69. The van der Waals surface area contributed by atoms with Crippen molar-refractivity contribution >= 4 is 44.2 Å². The highest BCUT2D eigenvalue weighted by Crippen LogP contribution is 2.25. The fourth-order valence-electron chi connectivity index (χ4n) is 4.52. The van der Waals surface area contributed by atoms with E-state index in [-0.39, 0.29) is 42.7 Å². The molecule has 200 valence electrons. The van der Waals surface area contributed by atoms with Gasteiger partial charge in [0.25, 0.3) is 11.8 Å². The van der Waals surface area contributed by atoms with Crippen molar-refractivity contribution in [2.24, 2.45) is 0 Å². The maximum absolute atomic E-state index is 14.2. The van der Waals surface area contributed by atoms with E-state index in [1.54, 1.807) is 59.6 Å². The summed E-state index contributed by atoms with van der Waals surface area (Å²) < 4.78 is 54.2. The second kappa shape index (κ2) is 10.7. The molecule has 1 aliphatic heterocycles. The van der Waals surface area contributed by atoms with Gasteiger partial charge >= 0.3 is 0 Å². The zero-order chi connectivity index (χ0) is 27.7. The summed E-state index contributed by atoms with van der Waals surface area (Å²) in [6.45, 7) is 0.687. The summed E-state index contributed by atoms with van der Waals surface area (Å²) in [5.41, 5.74) is 0.885. The lowest BCUT2D eigenvalue weighted by atomic mass is 10.1. The third kappa shape index (κ3) is 5.48. The lowest BCUT2D eigenvalue weighted by molar-refractivity contribution is 0.0532. The molecule has 1 fully saturated rings. The van der Waals surface area contributed by atoms with Crippen molar-refractivity contribution in [3.8, 4) is 0 Å². The molecule has 0 N–H and O–H groups in total. The van der Waals surface area contributed by atoms with Gasteiger partial charge in [0.1, 0.15) is 11.6 Å². The van der Waals surface area contributed by atoms with Gasteiger partial charge in [0.05, 0.1) is 26.8 Å². The fourth-order valence-corrected chi connectivity index (χ4v) is 6.21. The molecule has 0 atom stereocenters. The van der Waals surface area contributed by atoms with Gasteiger partial charge in [-0.3, -0.25) is 14.6 Å². The second-order valence-electron chi connectivity index (χ2n) is 9.12. The number of para-hydroxylation sites is 1. The van der Waals surface area contributed by atoms with Crippen molar-refractivity contribution in [2.75, 3.05) is 26.2 Å². The lowest BCUT2D eigenvalue weighted by Gasteiger charge is -2.35. The van der Waals surface area contributed by atoms with E-state index < -0.39 is 38.0 Å². The highest BCUT2D eigenvalue weighted by Gasteiger charge is 2.28.